The summed E-state index contributed by atoms with van der Waals surface area (Å²) in [5.41, 5.74) is 0. The summed E-state index contributed by atoms with van der Waals surface area (Å²) in [6, 6.07) is 0. The fourth-order valence-electron chi connectivity index (χ4n) is 0.743. The molecule has 0 aromatic rings. The predicted octanol–water partition coefficient (Wildman–Crippen LogP) is 1.70. The van der Waals surface area contributed by atoms with Crippen LogP contribution in [-0.2, 0) is 0 Å². The van der Waals surface area contributed by atoms with Crippen molar-refractivity contribution in [2.24, 2.45) is 5.92 Å². The van der Waals surface area contributed by atoms with Gasteiger partial charge in [-0.25, -0.2) is 8.78 Å². The Labute approximate surface area is 41.5 Å². The number of hydrogen-bond acceptors (Lipinski definition) is 0. The summed E-state index contributed by atoms with van der Waals surface area (Å²) in [6.07, 6.45) is -1.63. The molecule has 0 aliphatic heterocycles. The first kappa shape index (κ1) is 5.01. The summed E-state index contributed by atoms with van der Waals surface area (Å²) >= 11 is 0. The molecule has 0 radical (unpaired) electrons. The average molecular weight is 106 g/mol. The molecular formula is C5H8F2. The van der Waals surface area contributed by atoms with Gasteiger partial charge in [0, 0.05) is 5.92 Å². The molecule has 0 amide bonds. The van der Waals surface area contributed by atoms with Crippen molar-refractivity contribution in [3.63, 3.8) is 0 Å². The lowest BCUT2D eigenvalue weighted by Gasteiger charge is -1.76. The molecule has 2 atom stereocenters. The molecule has 0 heterocycles. The van der Waals surface area contributed by atoms with Crippen LogP contribution in [0.2, 0.25) is 0 Å². The van der Waals surface area contributed by atoms with Gasteiger partial charge >= 0.3 is 0 Å². The molecule has 0 saturated heterocycles. The third-order valence-corrected chi connectivity index (χ3v) is 1.45. The molecule has 0 nitrogen and oxygen atoms in total. The normalized spacial score (nSPS) is 49.3. The summed E-state index contributed by atoms with van der Waals surface area (Å²) in [5.74, 6) is -0.264. The van der Waals surface area contributed by atoms with Crippen molar-refractivity contribution in [3.8, 4) is 0 Å². The molecule has 0 bridgehead atoms. The Morgan fingerprint density at radius 3 is 1.71 bits per heavy atom. The van der Waals surface area contributed by atoms with Crippen LogP contribution in [0.1, 0.15) is 13.3 Å². The van der Waals surface area contributed by atoms with Crippen LogP contribution in [0.5, 0.6) is 0 Å². The van der Waals surface area contributed by atoms with Crippen LogP contribution in [0.15, 0.2) is 0 Å². The zero-order valence-corrected chi connectivity index (χ0v) is 4.20. The standard InChI is InChI=1S/C5H8F2/c1-2-3-4(6)5(3)7/h3-5H,2H2,1H3. The molecule has 1 rings (SSSR count). The second kappa shape index (κ2) is 1.42. The molecule has 1 aliphatic rings. The van der Waals surface area contributed by atoms with Crippen LogP contribution in [0.4, 0.5) is 8.78 Å². The highest BCUT2D eigenvalue weighted by Crippen LogP contribution is 2.39. The fourth-order valence-corrected chi connectivity index (χ4v) is 0.743. The minimum Gasteiger partial charge on any atom is -0.244 e. The van der Waals surface area contributed by atoms with Crippen molar-refractivity contribution in [3.05, 3.63) is 0 Å². The van der Waals surface area contributed by atoms with Crippen LogP contribution in [-0.4, -0.2) is 12.3 Å². The maximum Gasteiger partial charge on any atom is 0.137 e. The number of alkyl halides is 2. The second-order valence-corrected chi connectivity index (χ2v) is 1.96. The molecule has 0 spiro atoms. The summed E-state index contributed by atoms with van der Waals surface area (Å²) in [6.45, 7) is 1.80. The van der Waals surface area contributed by atoms with Gasteiger partial charge in [-0.1, -0.05) is 6.92 Å². The van der Waals surface area contributed by atoms with E-state index in [0.717, 1.165) is 0 Å². The van der Waals surface area contributed by atoms with E-state index in [4.69, 9.17) is 0 Å². The van der Waals surface area contributed by atoms with Gasteiger partial charge in [0.15, 0.2) is 0 Å². The maximum atomic E-state index is 11.8. The lowest BCUT2D eigenvalue weighted by molar-refractivity contribution is 0.372. The quantitative estimate of drug-likeness (QED) is 0.477. The Morgan fingerprint density at radius 2 is 1.71 bits per heavy atom. The highest BCUT2D eigenvalue weighted by molar-refractivity contribution is 4.97. The minimum absolute atomic E-state index is 0.264. The van der Waals surface area contributed by atoms with E-state index < -0.39 is 12.3 Å². The van der Waals surface area contributed by atoms with Crippen LogP contribution in [0, 0.1) is 5.92 Å². The maximum absolute atomic E-state index is 11.8. The molecular weight excluding hydrogens is 98.1 g/mol. The molecule has 0 aromatic carbocycles. The smallest absolute Gasteiger partial charge is 0.137 e. The van der Waals surface area contributed by atoms with Crippen molar-refractivity contribution < 1.29 is 8.78 Å². The lowest BCUT2D eigenvalue weighted by atomic mass is 10.3. The van der Waals surface area contributed by atoms with Crippen molar-refractivity contribution in [1.82, 2.24) is 0 Å². The molecule has 2 heteroatoms. The van der Waals surface area contributed by atoms with E-state index in [1.165, 1.54) is 0 Å². The van der Waals surface area contributed by atoms with E-state index in [-0.39, 0.29) is 5.92 Å². The van der Waals surface area contributed by atoms with Crippen LogP contribution >= 0.6 is 0 Å². The number of hydrogen-bond donors (Lipinski definition) is 0. The molecule has 0 N–H and O–H groups in total. The Balaban J connectivity index is 2.24. The largest absolute Gasteiger partial charge is 0.244 e. The van der Waals surface area contributed by atoms with Crippen LogP contribution in [0.25, 0.3) is 0 Å². The molecule has 2 unspecified atom stereocenters. The third-order valence-electron chi connectivity index (χ3n) is 1.45. The van der Waals surface area contributed by atoms with Gasteiger partial charge in [-0.2, -0.15) is 0 Å². The van der Waals surface area contributed by atoms with E-state index in [2.05, 4.69) is 0 Å². The van der Waals surface area contributed by atoms with Gasteiger partial charge in [0.05, 0.1) is 0 Å². The summed E-state index contributed by atoms with van der Waals surface area (Å²) in [7, 11) is 0. The SMILES string of the molecule is CCC1C(F)C1F. The zero-order chi connectivity index (χ0) is 5.44. The van der Waals surface area contributed by atoms with E-state index in [1.807, 2.05) is 0 Å². The van der Waals surface area contributed by atoms with Crippen molar-refractivity contribution in [2.45, 2.75) is 25.7 Å². The van der Waals surface area contributed by atoms with Crippen LogP contribution in [0.3, 0.4) is 0 Å². The van der Waals surface area contributed by atoms with Crippen molar-refractivity contribution in [2.75, 3.05) is 0 Å². The monoisotopic (exact) mass is 106 g/mol. The minimum atomic E-state index is -1.13. The van der Waals surface area contributed by atoms with Gasteiger partial charge in [-0.15, -0.1) is 0 Å². The zero-order valence-electron chi connectivity index (χ0n) is 4.20. The summed E-state index contributed by atoms with van der Waals surface area (Å²) in [5, 5.41) is 0. The first-order valence-corrected chi connectivity index (χ1v) is 2.55. The molecule has 1 fully saturated rings. The van der Waals surface area contributed by atoms with E-state index in [0.29, 0.717) is 6.42 Å². The van der Waals surface area contributed by atoms with Gasteiger partial charge in [0.25, 0.3) is 0 Å². The number of halogens is 2. The van der Waals surface area contributed by atoms with Gasteiger partial charge in [-0.05, 0) is 6.42 Å². The highest BCUT2D eigenvalue weighted by Gasteiger charge is 2.50. The van der Waals surface area contributed by atoms with Crippen molar-refractivity contribution >= 4 is 0 Å². The van der Waals surface area contributed by atoms with E-state index >= 15 is 0 Å². The van der Waals surface area contributed by atoms with E-state index in [1.54, 1.807) is 6.92 Å². The molecule has 7 heavy (non-hydrogen) atoms. The lowest BCUT2D eigenvalue weighted by Crippen LogP contribution is -1.72. The molecule has 1 saturated carbocycles. The second-order valence-electron chi connectivity index (χ2n) is 1.96. The van der Waals surface area contributed by atoms with Crippen LogP contribution < -0.4 is 0 Å². The predicted molar refractivity (Wildman–Crippen MR) is 23.6 cm³/mol. The average Bonchev–Trinajstić information content (AvgIpc) is 2.17. The highest BCUT2D eigenvalue weighted by atomic mass is 19.2. The van der Waals surface area contributed by atoms with Gasteiger partial charge in [0.2, 0.25) is 0 Å². The fraction of sp³-hybridized carbons (Fsp3) is 1.00. The molecule has 1 aliphatic carbocycles. The van der Waals surface area contributed by atoms with Gasteiger partial charge < -0.3 is 0 Å². The Morgan fingerprint density at radius 1 is 1.29 bits per heavy atom. The van der Waals surface area contributed by atoms with Gasteiger partial charge in [-0.3, -0.25) is 0 Å². The Bertz CT molecular complexity index is 64.5. The number of rotatable bonds is 1. The van der Waals surface area contributed by atoms with Gasteiger partial charge in [0.1, 0.15) is 12.3 Å². The van der Waals surface area contributed by atoms with Crippen molar-refractivity contribution in [1.29, 1.82) is 0 Å². The molecule has 0 aromatic heterocycles. The first-order chi connectivity index (χ1) is 3.27. The van der Waals surface area contributed by atoms with E-state index in [9.17, 15) is 8.78 Å². The first-order valence-electron chi connectivity index (χ1n) is 2.55. The summed E-state index contributed by atoms with van der Waals surface area (Å²) < 4.78 is 23.6. The third kappa shape index (κ3) is 0.621. The molecule has 42 valence electrons. The summed E-state index contributed by atoms with van der Waals surface area (Å²) in [4.78, 5) is 0. The Kier molecular flexibility index (Phi) is 1.02. The Hall–Kier alpha value is -0.140. The topological polar surface area (TPSA) is 0 Å².